The van der Waals surface area contributed by atoms with Crippen molar-refractivity contribution >= 4 is 17.7 Å². The summed E-state index contributed by atoms with van der Waals surface area (Å²) in [5.74, 6) is -0.722. The van der Waals surface area contributed by atoms with E-state index in [-0.39, 0.29) is 18.6 Å². The molecule has 0 aromatic heterocycles. The van der Waals surface area contributed by atoms with Crippen molar-refractivity contribution in [1.29, 1.82) is 0 Å². The van der Waals surface area contributed by atoms with Crippen LogP contribution in [0.25, 0.3) is 0 Å². The van der Waals surface area contributed by atoms with Gasteiger partial charge in [0.25, 0.3) is 5.91 Å². The average Bonchev–Trinajstić information content (AvgIpc) is 3.16. The topological polar surface area (TPSA) is 81.7 Å². The van der Waals surface area contributed by atoms with E-state index in [0.717, 1.165) is 36.2 Å². The molecule has 1 aliphatic heterocycles. The smallest absolute Gasteiger partial charge is 0.404 e. The van der Waals surface area contributed by atoms with Gasteiger partial charge in [0.05, 0.1) is 6.17 Å². The fourth-order valence-corrected chi connectivity index (χ4v) is 3.34. The standard InChI is InChI=1S/C20H22FN3O3/c1-13-10-14(12-23-20(26)27)7-8-17(13)24(18-6-3-9-22-18)19(25)15-4-2-5-16(21)11-15/h2,4-5,7-8,10-11,18,22-23H,3,6,9,12H2,1H3,(H,26,27). The molecule has 3 rings (SSSR count). The molecule has 3 N–H and O–H groups in total. The molecule has 0 aliphatic carbocycles. The van der Waals surface area contributed by atoms with Crippen LogP contribution in [0.2, 0.25) is 0 Å². The highest BCUT2D eigenvalue weighted by molar-refractivity contribution is 6.06. The van der Waals surface area contributed by atoms with Crippen LogP contribution in [0.5, 0.6) is 0 Å². The fraction of sp³-hybridized carbons (Fsp3) is 0.300. The molecule has 1 fully saturated rings. The zero-order valence-electron chi connectivity index (χ0n) is 15.0. The van der Waals surface area contributed by atoms with Gasteiger partial charge in [0.1, 0.15) is 5.82 Å². The number of benzene rings is 2. The Bertz CT molecular complexity index is 850. The Kier molecular flexibility index (Phi) is 5.71. The summed E-state index contributed by atoms with van der Waals surface area (Å²) in [7, 11) is 0. The Morgan fingerprint density at radius 3 is 2.74 bits per heavy atom. The number of halogens is 1. The van der Waals surface area contributed by atoms with Gasteiger partial charge in [-0.25, -0.2) is 9.18 Å². The lowest BCUT2D eigenvalue weighted by Gasteiger charge is -2.31. The van der Waals surface area contributed by atoms with Crippen molar-refractivity contribution < 1.29 is 19.1 Å². The van der Waals surface area contributed by atoms with E-state index in [4.69, 9.17) is 5.11 Å². The van der Waals surface area contributed by atoms with Crippen LogP contribution in [0.3, 0.4) is 0 Å². The van der Waals surface area contributed by atoms with Gasteiger partial charge in [-0.3, -0.25) is 15.0 Å². The largest absolute Gasteiger partial charge is 0.465 e. The molecule has 2 amide bonds. The molecule has 1 heterocycles. The van der Waals surface area contributed by atoms with Crippen molar-refractivity contribution in [3.05, 3.63) is 65.0 Å². The van der Waals surface area contributed by atoms with Crippen LogP contribution in [0.15, 0.2) is 42.5 Å². The molecule has 0 bridgehead atoms. The second-order valence-electron chi connectivity index (χ2n) is 6.58. The first kappa shape index (κ1) is 18.8. The summed E-state index contributed by atoms with van der Waals surface area (Å²) in [6, 6.07) is 11.1. The highest BCUT2D eigenvalue weighted by Gasteiger charge is 2.29. The number of aryl methyl sites for hydroxylation is 1. The summed E-state index contributed by atoms with van der Waals surface area (Å²) in [5.41, 5.74) is 2.66. The van der Waals surface area contributed by atoms with Gasteiger partial charge >= 0.3 is 6.09 Å². The Hall–Kier alpha value is -2.93. The first-order valence-electron chi connectivity index (χ1n) is 8.84. The molecule has 142 valence electrons. The summed E-state index contributed by atoms with van der Waals surface area (Å²) >= 11 is 0. The molecule has 0 saturated carbocycles. The monoisotopic (exact) mass is 371 g/mol. The van der Waals surface area contributed by atoms with Gasteiger partial charge in [-0.15, -0.1) is 0 Å². The molecule has 1 atom stereocenters. The van der Waals surface area contributed by atoms with Crippen molar-refractivity contribution in [2.45, 2.75) is 32.5 Å². The normalized spacial score (nSPS) is 16.1. The molecular weight excluding hydrogens is 349 g/mol. The third kappa shape index (κ3) is 4.43. The van der Waals surface area contributed by atoms with Gasteiger partial charge in [0, 0.05) is 17.8 Å². The van der Waals surface area contributed by atoms with E-state index in [1.165, 1.54) is 18.2 Å². The van der Waals surface area contributed by atoms with Gasteiger partial charge in [-0.2, -0.15) is 0 Å². The molecule has 1 aliphatic rings. The van der Waals surface area contributed by atoms with E-state index in [1.807, 2.05) is 19.1 Å². The Balaban J connectivity index is 1.93. The minimum absolute atomic E-state index is 0.164. The number of rotatable bonds is 5. The molecule has 1 saturated heterocycles. The number of hydrogen-bond acceptors (Lipinski definition) is 3. The van der Waals surface area contributed by atoms with Crippen molar-refractivity contribution in [2.75, 3.05) is 11.4 Å². The molecule has 1 unspecified atom stereocenters. The van der Waals surface area contributed by atoms with Crippen molar-refractivity contribution in [3.63, 3.8) is 0 Å². The van der Waals surface area contributed by atoms with Crippen LogP contribution in [-0.4, -0.2) is 29.8 Å². The molecule has 2 aromatic rings. The highest BCUT2D eigenvalue weighted by atomic mass is 19.1. The number of carboxylic acid groups (broad SMARTS) is 1. The Morgan fingerprint density at radius 2 is 2.11 bits per heavy atom. The van der Waals surface area contributed by atoms with E-state index in [1.54, 1.807) is 17.0 Å². The van der Waals surface area contributed by atoms with E-state index in [9.17, 15) is 14.0 Å². The predicted octanol–water partition coefficient (Wildman–Crippen LogP) is 3.26. The number of hydrogen-bond donors (Lipinski definition) is 3. The summed E-state index contributed by atoms with van der Waals surface area (Å²) < 4.78 is 13.6. The van der Waals surface area contributed by atoms with Crippen LogP contribution in [0.4, 0.5) is 14.9 Å². The number of carbonyl (C=O) groups is 2. The fourth-order valence-electron chi connectivity index (χ4n) is 3.34. The molecule has 27 heavy (non-hydrogen) atoms. The zero-order chi connectivity index (χ0) is 19.4. The van der Waals surface area contributed by atoms with E-state index >= 15 is 0 Å². The Morgan fingerprint density at radius 1 is 1.30 bits per heavy atom. The quantitative estimate of drug-likeness (QED) is 0.754. The molecule has 2 aromatic carbocycles. The maximum atomic E-state index is 13.6. The lowest BCUT2D eigenvalue weighted by Crippen LogP contribution is -2.46. The minimum Gasteiger partial charge on any atom is -0.465 e. The second-order valence-corrected chi connectivity index (χ2v) is 6.58. The van der Waals surface area contributed by atoms with Crippen LogP contribution in [0.1, 0.15) is 34.3 Å². The SMILES string of the molecule is Cc1cc(CNC(=O)O)ccc1N(C(=O)c1cccc(F)c1)C1CCCN1. The second kappa shape index (κ2) is 8.18. The van der Waals surface area contributed by atoms with Gasteiger partial charge in [0.15, 0.2) is 0 Å². The number of nitrogens with one attached hydrogen (secondary N) is 2. The number of amides is 2. The minimum atomic E-state index is -1.09. The molecule has 6 nitrogen and oxygen atoms in total. The van der Waals surface area contributed by atoms with E-state index in [2.05, 4.69) is 10.6 Å². The average molecular weight is 371 g/mol. The molecule has 0 radical (unpaired) electrons. The number of nitrogens with zero attached hydrogens (tertiary/aromatic N) is 1. The summed E-state index contributed by atoms with van der Waals surface area (Å²) in [4.78, 5) is 25.5. The maximum absolute atomic E-state index is 13.6. The maximum Gasteiger partial charge on any atom is 0.404 e. The van der Waals surface area contributed by atoms with E-state index in [0.29, 0.717) is 5.56 Å². The molecular formula is C20H22FN3O3. The number of anilines is 1. The van der Waals surface area contributed by atoms with Crippen LogP contribution < -0.4 is 15.5 Å². The first-order valence-corrected chi connectivity index (χ1v) is 8.84. The first-order chi connectivity index (χ1) is 13.0. The van der Waals surface area contributed by atoms with Crippen LogP contribution in [0, 0.1) is 12.7 Å². The lowest BCUT2D eigenvalue weighted by atomic mass is 10.1. The highest BCUT2D eigenvalue weighted by Crippen LogP contribution is 2.28. The third-order valence-electron chi connectivity index (χ3n) is 4.60. The molecule has 7 heteroatoms. The summed E-state index contributed by atoms with van der Waals surface area (Å²) in [6.07, 6.45) is 0.511. The lowest BCUT2D eigenvalue weighted by molar-refractivity contribution is 0.0973. The van der Waals surface area contributed by atoms with Crippen molar-refractivity contribution in [1.82, 2.24) is 10.6 Å². The third-order valence-corrected chi connectivity index (χ3v) is 4.60. The summed E-state index contributed by atoms with van der Waals surface area (Å²) in [6.45, 7) is 2.88. The van der Waals surface area contributed by atoms with Gasteiger partial charge in [-0.05, 0) is 61.7 Å². The van der Waals surface area contributed by atoms with E-state index < -0.39 is 11.9 Å². The van der Waals surface area contributed by atoms with Crippen LogP contribution >= 0.6 is 0 Å². The van der Waals surface area contributed by atoms with Gasteiger partial charge < -0.3 is 10.4 Å². The van der Waals surface area contributed by atoms with Gasteiger partial charge in [0.2, 0.25) is 0 Å². The number of carbonyl (C=O) groups excluding carboxylic acids is 1. The predicted molar refractivity (Wildman–Crippen MR) is 100 cm³/mol. The van der Waals surface area contributed by atoms with Gasteiger partial charge in [-0.1, -0.05) is 18.2 Å². The summed E-state index contributed by atoms with van der Waals surface area (Å²) in [5, 5.41) is 14.4. The Labute approximate surface area is 157 Å². The zero-order valence-corrected chi connectivity index (χ0v) is 15.0. The van der Waals surface area contributed by atoms with Crippen molar-refractivity contribution in [3.8, 4) is 0 Å². The van der Waals surface area contributed by atoms with Crippen molar-refractivity contribution in [2.24, 2.45) is 0 Å². The molecule has 0 spiro atoms. The van der Waals surface area contributed by atoms with Crippen LogP contribution in [-0.2, 0) is 6.54 Å².